The van der Waals surface area contributed by atoms with E-state index in [-0.39, 0.29) is 5.82 Å². The Morgan fingerprint density at radius 2 is 1.81 bits per heavy atom. The van der Waals surface area contributed by atoms with Crippen LogP contribution in [-0.4, -0.2) is 18.0 Å². The van der Waals surface area contributed by atoms with Crippen molar-refractivity contribution in [3.05, 3.63) is 71.5 Å². The molecule has 21 heavy (non-hydrogen) atoms. The fourth-order valence-corrected chi connectivity index (χ4v) is 3.30. The van der Waals surface area contributed by atoms with Gasteiger partial charge in [0.05, 0.1) is 0 Å². The van der Waals surface area contributed by atoms with E-state index in [1.54, 1.807) is 12.1 Å². The molecule has 3 rings (SSSR count). The van der Waals surface area contributed by atoms with Gasteiger partial charge >= 0.3 is 0 Å². The van der Waals surface area contributed by atoms with E-state index in [1.165, 1.54) is 5.56 Å². The van der Waals surface area contributed by atoms with E-state index in [0.29, 0.717) is 12.0 Å². The van der Waals surface area contributed by atoms with Crippen molar-refractivity contribution in [1.29, 1.82) is 0 Å². The van der Waals surface area contributed by atoms with Crippen molar-refractivity contribution in [1.82, 2.24) is 4.90 Å². The van der Waals surface area contributed by atoms with Crippen LogP contribution in [0.15, 0.2) is 54.6 Å². The largest absolute Gasteiger partial charge is 0.296 e. The molecule has 0 radical (unpaired) electrons. The summed E-state index contributed by atoms with van der Waals surface area (Å²) in [7, 11) is 0. The summed E-state index contributed by atoms with van der Waals surface area (Å²) < 4.78 is 13.8. The van der Waals surface area contributed by atoms with Gasteiger partial charge in [0.1, 0.15) is 5.82 Å². The van der Waals surface area contributed by atoms with Gasteiger partial charge in [-0.15, -0.1) is 0 Å². The van der Waals surface area contributed by atoms with Crippen molar-refractivity contribution in [2.45, 2.75) is 25.8 Å². The van der Waals surface area contributed by atoms with Crippen molar-refractivity contribution in [2.75, 3.05) is 13.1 Å². The number of benzene rings is 2. The molecule has 1 saturated heterocycles. The maximum atomic E-state index is 13.8. The lowest BCUT2D eigenvalue weighted by molar-refractivity contribution is 0.252. The zero-order valence-electron chi connectivity index (χ0n) is 12.5. The summed E-state index contributed by atoms with van der Waals surface area (Å²) in [6.07, 6.45) is 2.01. The molecule has 0 aliphatic carbocycles. The summed E-state index contributed by atoms with van der Waals surface area (Å²) in [6, 6.07) is 18.2. The van der Waals surface area contributed by atoms with Crippen LogP contribution in [-0.2, 0) is 6.42 Å². The van der Waals surface area contributed by atoms with E-state index in [2.05, 4.69) is 42.2 Å². The Hall–Kier alpha value is -1.67. The molecule has 2 heteroatoms. The Morgan fingerprint density at radius 1 is 1.10 bits per heavy atom. The first-order valence-corrected chi connectivity index (χ1v) is 7.76. The molecule has 2 aromatic carbocycles. The van der Waals surface area contributed by atoms with Crippen LogP contribution in [0, 0.1) is 11.7 Å². The van der Waals surface area contributed by atoms with Gasteiger partial charge in [-0.1, -0.05) is 48.5 Å². The monoisotopic (exact) mass is 283 g/mol. The zero-order valence-corrected chi connectivity index (χ0v) is 12.5. The molecule has 2 atom stereocenters. The quantitative estimate of drug-likeness (QED) is 0.801. The van der Waals surface area contributed by atoms with Gasteiger partial charge < -0.3 is 0 Å². The lowest BCUT2D eigenvalue weighted by Crippen LogP contribution is -2.24. The van der Waals surface area contributed by atoms with Gasteiger partial charge in [0.15, 0.2) is 0 Å². The van der Waals surface area contributed by atoms with Gasteiger partial charge in [-0.05, 0) is 49.4 Å². The summed E-state index contributed by atoms with van der Waals surface area (Å²) in [4.78, 5) is 2.51. The first-order chi connectivity index (χ1) is 10.2. The van der Waals surface area contributed by atoms with E-state index in [4.69, 9.17) is 0 Å². The highest BCUT2D eigenvalue weighted by Gasteiger charge is 2.27. The fraction of sp³-hybridized carbons (Fsp3) is 0.368. The molecule has 0 bridgehead atoms. The maximum Gasteiger partial charge on any atom is 0.126 e. The highest BCUT2D eigenvalue weighted by Crippen LogP contribution is 2.29. The van der Waals surface area contributed by atoms with Gasteiger partial charge in [0, 0.05) is 12.6 Å². The Kier molecular flexibility index (Phi) is 4.35. The normalized spacial score (nSPS) is 20.6. The van der Waals surface area contributed by atoms with Crippen LogP contribution in [0.1, 0.15) is 30.5 Å². The molecule has 0 N–H and O–H groups in total. The first kappa shape index (κ1) is 14.3. The van der Waals surface area contributed by atoms with Gasteiger partial charge in [0.2, 0.25) is 0 Å². The van der Waals surface area contributed by atoms with Crippen LogP contribution in [0.5, 0.6) is 0 Å². The minimum absolute atomic E-state index is 0.0629. The fourth-order valence-electron chi connectivity index (χ4n) is 3.30. The standard InChI is InChI=1S/C19H22FN/c1-15(17-7-3-2-4-8-17)21-12-11-16(14-21)13-18-9-5-6-10-19(18)20/h2-10,15-16H,11-14H2,1H3. The average Bonchev–Trinajstić information content (AvgIpc) is 2.98. The molecule has 1 aliphatic rings. The van der Waals surface area contributed by atoms with Crippen LogP contribution in [0.4, 0.5) is 4.39 Å². The van der Waals surface area contributed by atoms with Crippen molar-refractivity contribution < 1.29 is 4.39 Å². The average molecular weight is 283 g/mol. The van der Waals surface area contributed by atoms with E-state index in [0.717, 1.165) is 31.5 Å². The van der Waals surface area contributed by atoms with Gasteiger partial charge in [-0.3, -0.25) is 4.90 Å². The lowest BCUT2D eigenvalue weighted by Gasteiger charge is -2.24. The predicted octanol–water partition coefficient (Wildman–Crippen LogP) is 4.45. The summed E-state index contributed by atoms with van der Waals surface area (Å²) in [5.74, 6) is 0.500. The number of nitrogens with zero attached hydrogens (tertiary/aromatic N) is 1. The van der Waals surface area contributed by atoms with Crippen LogP contribution < -0.4 is 0 Å². The molecule has 2 unspecified atom stereocenters. The van der Waals surface area contributed by atoms with Crippen molar-refractivity contribution in [3.8, 4) is 0 Å². The molecule has 1 heterocycles. The van der Waals surface area contributed by atoms with E-state index >= 15 is 0 Å². The number of hydrogen-bond donors (Lipinski definition) is 0. The van der Waals surface area contributed by atoms with E-state index in [1.807, 2.05) is 12.1 Å². The molecule has 1 nitrogen and oxygen atoms in total. The summed E-state index contributed by atoms with van der Waals surface area (Å²) in [6.45, 7) is 4.43. The smallest absolute Gasteiger partial charge is 0.126 e. The highest BCUT2D eigenvalue weighted by atomic mass is 19.1. The second kappa shape index (κ2) is 6.40. The number of likely N-dealkylation sites (tertiary alicyclic amines) is 1. The Labute approximate surface area is 126 Å². The summed E-state index contributed by atoms with van der Waals surface area (Å²) >= 11 is 0. The Bertz CT molecular complexity index is 581. The molecular weight excluding hydrogens is 261 g/mol. The molecule has 1 aliphatic heterocycles. The maximum absolute atomic E-state index is 13.8. The Balaban J connectivity index is 1.62. The van der Waals surface area contributed by atoms with Crippen LogP contribution in [0.25, 0.3) is 0 Å². The van der Waals surface area contributed by atoms with E-state index < -0.39 is 0 Å². The van der Waals surface area contributed by atoms with Gasteiger partial charge in [0.25, 0.3) is 0 Å². The van der Waals surface area contributed by atoms with Gasteiger partial charge in [-0.2, -0.15) is 0 Å². The first-order valence-electron chi connectivity index (χ1n) is 7.76. The molecule has 2 aromatic rings. The minimum atomic E-state index is -0.0629. The lowest BCUT2D eigenvalue weighted by atomic mass is 9.98. The second-order valence-electron chi connectivity index (χ2n) is 6.03. The molecule has 110 valence electrons. The molecule has 0 amide bonds. The SMILES string of the molecule is CC(c1ccccc1)N1CCC(Cc2ccccc2F)C1. The number of halogens is 1. The Morgan fingerprint density at radius 3 is 2.57 bits per heavy atom. The number of hydrogen-bond acceptors (Lipinski definition) is 1. The van der Waals surface area contributed by atoms with Crippen molar-refractivity contribution >= 4 is 0 Å². The molecule has 0 saturated carbocycles. The molecule has 1 fully saturated rings. The van der Waals surface area contributed by atoms with Gasteiger partial charge in [-0.25, -0.2) is 4.39 Å². The van der Waals surface area contributed by atoms with Crippen LogP contribution >= 0.6 is 0 Å². The van der Waals surface area contributed by atoms with Crippen molar-refractivity contribution in [3.63, 3.8) is 0 Å². The molecule has 0 spiro atoms. The predicted molar refractivity (Wildman–Crippen MR) is 84.6 cm³/mol. The number of rotatable bonds is 4. The minimum Gasteiger partial charge on any atom is -0.296 e. The molecular formula is C19H22FN. The molecule has 0 aromatic heterocycles. The third-order valence-corrected chi connectivity index (χ3v) is 4.61. The zero-order chi connectivity index (χ0) is 14.7. The summed E-state index contributed by atoms with van der Waals surface area (Å²) in [5.41, 5.74) is 2.22. The van der Waals surface area contributed by atoms with Crippen LogP contribution in [0.3, 0.4) is 0 Å². The van der Waals surface area contributed by atoms with E-state index in [9.17, 15) is 4.39 Å². The third kappa shape index (κ3) is 3.33. The third-order valence-electron chi connectivity index (χ3n) is 4.61. The summed E-state index contributed by atoms with van der Waals surface area (Å²) in [5, 5.41) is 0. The van der Waals surface area contributed by atoms with Crippen molar-refractivity contribution in [2.24, 2.45) is 5.92 Å². The second-order valence-corrected chi connectivity index (χ2v) is 6.03. The highest BCUT2D eigenvalue weighted by molar-refractivity contribution is 5.20. The topological polar surface area (TPSA) is 3.24 Å². The van der Waals surface area contributed by atoms with Crippen LogP contribution in [0.2, 0.25) is 0 Å².